The highest BCUT2D eigenvalue weighted by atomic mass is 32.1. The van der Waals surface area contributed by atoms with Gasteiger partial charge in [0, 0.05) is 34.8 Å². The molecule has 2 saturated heterocycles. The lowest BCUT2D eigenvalue weighted by Crippen LogP contribution is -2.30. The molecule has 0 saturated carbocycles. The quantitative estimate of drug-likeness (QED) is 0.353. The minimum absolute atomic E-state index is 0.110. The van der Waals surface area contributed by atoms with Crippen molar-refractivity contribution < 1.29 is 14.3 Å². The van der Waals surface area contributed by atoms with Crippen molar-refractivity contribution in [2.45, 2.75) is 51.5 Å². The molecule has 0 spiro atoms. The molecule has 2 aliphatic heterocycles. The van der Waals surface area contributed by atoms with Gasteiger partial charge in [0.05, 0.1) is 13.2 Å². The maximum Gasteiger partial charge on any atom is 0.220 e. The van der Waals surface area contributed by atoms with Gasteiger partial charge in [-0.2, -0.15) is 0 Å². The van der Waals surface area contributed by atoms with Crippen molar-refractivity contribution in [3.63, 3.8) is 0 Å². The van der Waals surface area contributed by atoms with Crippen molar-refractivity contribution in [3.8, 4) is 21.9 Å². The van der Waals surface area contributed by atoms with Gasteiger partial charge in [-0.25, -0.2) is 0 Å². The van der Waals surface area contributed by atoms with E-state index in [-0.39, 0.29) is 11.9 Å². The largest absolute Gasteiger partial charge is 0.497 e. The van der Waals surface area contributed by atoms with Crippen LogP contribution in [0.1, 0.15) is 44.6 Å². The van der Waals surface area contributed by atoms with E-state index in [1.165, 1.54) is 63.3 Å². The number of hydrogen-bond donors (Lipinski definition) is 1. The number of hydrogen-bond acceptors (Lipinski definition) is 5. The van der Waals surface area contributed by atoms with E-state index in [9.17, 15) is 4.79 Å². The van der Waals surface area contributed by atoms with Crippen LogP contribution in [-0.2, 0) is 11.2 Å². The summed E-state index contributed by atoms with van der Waals surface area (Å²) in [4.78, 5) is 15.3. The van der Waals surface area contributed by atoms with Crippen LogP contribution < -0.4 is 14.8 Å². The summed E-state index contributed by atoms with van der Waals surface area (Å²) in [5, 5.41) is 4.29. The third-order valence-electron chi connectivity index (χ3n) is 8.07. The first-order valence-corrected chi connectivity index (χ1v) is 14.6. The van der Waals surface area contributed by atoms with Crippen LogP contribution in [-0.4, -0.2) is 43.7 Å². The summed E-state index contributed by atoms with van der Waals surface area (Å²) in [6.45, 7) is 5.18. The minimum atomic E-state index is 0.110. The number of methoxy groups -OCH3 is 1. The van der Waals surface area contributed by atoms with Crippen LogP contribution in [0.3, 0.4) is 0 Å². The van der Waals surface area contributed by atoms with Crippen LogP contribution in [0, 0.1) is 5.92 Å². The fraction of sp³-hybridized carbons (Fsp3) is 0.406. The second-order valence-electron chi connectivity index (χ2n) is 10.7. The molecule has 2 aromatic carbocycles. The topological polar surface area (TPSA) is 50.8 Å². The number of rotatable bonds is 8. The smallest absolute Gasteiger partial charge is 0.220 e. The highest BCUT2D eigenvalue weighted by Gasteiger charge is 2.24. The van der Waals surface area contributed by atoms with Crippen molar-refractivity contribution in [2.75, 3.05) is 26.8 Å². The lowest BCUT2D eigenvalue weighted by atomic mass is 9.87. The molecule has 2 unspecified atom stereocenters. The van der Waals surface area contributed by atoms with Gasteiger partial charge in [-0.1, -0.05) is 12.2 Å². The number of amides is 1. The Morgan fingerprint density at radius 1 is 1.08 bits per heavy atom. The predicted molar refractivity (Wildman–Crippen MR) is 155 cm³/mol. The Morgan fingerprint density at radius 3 is 2.58 bits per heavy atom. The Balaban J connectivity index is 1.25. The van der Waals surface area contributed by atoms with E-state index in [2.05, 4.69) is 71.8 Å². The van der Waals surface area contributed by atoms with E-state index >= 15 is 0 Å². The number of nitrogens with one attached hydrogen (secondary N) is 1. The third kappa shape index (κ3) is 5.19. The molecule has 3 aliphatic rings. The molecule has 6 heteroatoms. The Kier molecular flexibility index (Phi) is 7.16. The van der Waals surface area contributed by atoms with E-state index in [0.29, 0.717) is 18.9 Å². The van der Waals surface area contributed by atoms with Gasteiger partial charge in [0.2, 0.25) is 5.91 Å². The molecule has 2 fully saturated rings. The number of benzene rings is 2. The summed E-state index contributed by atoms with van der Waals surface area (Å²) in [5.74, 6) is 2.34. The molecule has 0 bridgehead atoms. The van der Waals surface area contributed by atoms with Crippen LogP contribution in [0.25, 0.3) is 20.5 Å². The molecule has 1 N–H and O–H groups in total. The monoisotopic (exact) mass is 528 g/mol. The van der Waals surface area contributed by atoms with Crippen LogP contribution >= 0.6 is 11.3 Å². The molecular formula is C32H36N2O3S. The standard InChI is InChI=1S/C32H36N2O3S/c1-21-17-22(5-13-29(21)34-15-3-4-16-34)18-28-27-12-11-26(36-2)19-30(27)38-32(28)23-6-9-25(10-7-23)37-20-24-8-14-31(35)33-24/h6-7,9-13,17,19,22,24H,3-5,8,14-16,18,20H2,1-2H3,(H,33,35). The number of carbonyl (C=O) groups excluding carboxylic acids is 1. The Labute approximate surface area is 229 Å². The van der Waals surface area contributed by atoms with E-state index in [4.69, 9.17) is 9.47 Å². The predicted octanol–water partition coefficient (Wildman–Crippen LogP) is 6.72. The molecule has 3 heterocycles. The molecule has 5 nitrogen and oxygen atoms in total. The van der Waals surface area contributed by atoms with Gasteiger partial charge in [-0.3, -0.25) is 4.79 Å². The van der Waals surface area contributed by atoms with Crippen LogP contribution in [0.4, 0.5) is 0 Å². The average molecular weight is 529 g/mol. The number of carbonyl (C=O) groups is 1. The van der Waals surface area contributed by atoms with E-state index in [0.717, 1.165) is 30.8 Å². The summed E-state index contributed by atoms with van der Waals surface area (Å²) in [7, 11) is 1.73. The molecule has 0 radical (unpaired) electrons. The van der Waals surface area contributed by atoms with E-state index in [1.807, 2.05) is 11.3 Å². The van der Waals surface area contributed by atoms with Crippen molar-refractivity contribution in [3.05, 3.63) is 71.5 Å². The Bertz CT molecular complexity index is 1380. The number of likely N-dealkylation sites (tertiary alicyclic amines) is 1. The Hall–Kier alpha value is -3.25. The maximum absolute atomic E-state index is 11.5. The van der Waals surface area contributed by atoms with Crippen molar-refractivity contribution in [1.82, 2.24) is 10.2 Å². The van der Waals surface area contributed by atoms with Crippen molar-refractivity contribution in [1.29, 1.82) is 0 Å². The molecule has 1 aromatic heterocycles. The third-order valence-corrected chi connectivity index (χ3v) is 9.31. The minimum Gasteiger partial charge on any atom is -0.497 e. The maximum atomic E-state index is 11.5. The van der Waals surface area contributed by atoms with Crippen LogP contribution in [0.2, 0.25) is 0 Å². The normalized spacial score (nSPS) is 21.4. The van der Waals surface area contributed by atoms with Gasteiger partial charge in [0.25, 0.3) is 0 Å². The molecule has 1 aliphatic carbocycles. The second-order valence-corrected chi connectivity index (χ2v) is 11.8. The summed E-state index contributed by atoms with van der Waals surface area (Å²) < 4.78 is 12.8. The molecule has 6 rings (SSSR count). The summed E-state index contributed by atoms with van der Waals surface area (Å²) in [6.07, 6.45) is 11.1. The van der Waals surface area contributed by atoms with Crippen LogP contribution in [0.15, 0.2) is 65.9 Å². The first-order chi connectivity index (χ1) is 18.6. The fourth-order valence-corrected chi connectivity index (χ4v) is 7.33. The number of thiophene rings is 1. The number of allylic oxidation sites excluding steroid dienone is 3. The zero-order chi connectivity index (χ0) is 26.1. The number of nitrogens with zero attached hydrogens (tertiary/aromatic N) is 1. The van der Waals surface area contributed by atoms with Gasteiger partial charge in [-0.05, 0) is 109 Å². The first kappa shape index (κ1) is 25.1. The van der Waals surface area contributed by atoms with Gasteiger partial charge < -0.3 is 19.7 Å². The van der Waals surface area contributed by atoms with E-state index in [1.54, 1.807) is 7.11 Å². The first-order valence-electron chi connectivity index (χ1n) is 13.8. The van der Waals surface area contributed by atoms with Gasteiger partial charge >= 0.3 is 0 Å². The zero-order valence-corrected chi connectivity index (χ0v) is 23.1. The summed E-state index contributed by atoms with van der Waals surface area (Å²) in [5.41, 5.74) is 5.51. The van der Waals surface area contributed by atoms with Gasteiger partial charge in [0.15, 0.2) is 0 Å². The average Bonchev–Trinajstić information content (AvgIpc) is 3.69. The molecule has 1 amide bonds. The molecule has 38 heavy (non-hydrogen) atoms. The fourth-order valence-electron chi connectivity index (χ4n) is 6.07. The highest BCUT2D eigenvalue weighted by Crippen LogP contribution is 2.43. The second kappa shape index (κ2) is 10.9. The lowest BCUT2D eigenvalue weighted by molar-refractivity contribution is -0.119. The van der Waals surface area contributed by atoms with E-state index < -0.39 is 0 Å². The van der Waals surface area contributed by atoms with Crippen molar-refractivity contribution in [2.24, 2.45) is 5.92 Å². The Morgan fingerprint density at radius 2 is 1.87 bits per heavy atom. The molecule has 198 valence electrons. The van der Waals surface area contributed by atoms with Crippen LogP contribution in [0.5, 0.6) is 11.5 Å². The number of ether oxygens (including phenoxy) is 2. The SMILES string of the molecule is COc1ccc2c(CC3C=C(C)C(N4CCCC4)=CC3)c(-c3ccc(OCC4CCC(=O)N4)cc3)sc2c1. The van der Waals surface area contributed by atoms with Gasteiger partial charge in [-0.15, -0.1) is 11.3 Å². The zero-order valence-electron chi connectivity index (χ0n) is 22.3. The van der Waals surface area contributed by atoms with Crippen molar-refractivity contribution >= 4 is 27.3 Å². The number of fused-ring (bicyclic) bond motifs is 1. The summed E-state index contributed by atoms with van der Waals surface area (Å²) in [6, 6.07) is 15.0. The highest BCUT2D eigenvalue weighted by molar-refractivity contribution is 7.22. The summed E-state index contributed by atoms with van der Waals surface area (Å²) >= 11 is 1.84. The molecular weight excluding hydrogens is 492 g/mol. The molecule has 2 atom stereocenters. The van der Waals surface area contributed by atoms with Gasteiger partial charge in [0.1, 0.15) is 18.1 Å². The molecule has 3 aromatic rings. The lowest BCUT2D eigenvalue weighted by Gasteiger charge is -2.27.